The standard InChI is InChI=1S/C17H14BrN5O2/c18-11-4-5-12-13(8-11)21-22-16(12)23-9-10(7-15(23)24)17(25)20-14-3-1-2-6-19-14/h1-6,8,10H,7,9H2,(H,21,22)(H,19,20,25)/t10-/m0/s1. The summed E-state index contributed by atoms with van der Waals surface area (Å²) in [6.45, 7) is 0.299. The number of pyridine rings is 1. The van der Waals surface area contributed by atoms with Crippen LogP contribution in [0.5, 0.6) is 0 Å². The topological polar surface area (TPSA) is 91.0 Å². The molecule has 3 heterocycles. The summed E-state index contributed by atoms with van der Waals surface area (Å²) >= 11 is 3.41. The molecule has 2 aromatic heterocycles. The number of aromatic amines is 1. The number of benzene rings is 1. The Kier molecular flexibility index (Phi) is 3.96. The Morgan fingerprint density at radius 2 is 2.20 bits per heavy atom. The Hall–Kier alpha value is -2.74. The molecule has 0 aliphatic carbocycles. The van der Waals surface area contributed by atoms with Gasteiger partial charge in [0.25, 0.3) is 0 Å². The predicted octanol–water partition coefficient (Wildman–Crippen LogP) is 2.71. The third-order valence-electron chi connectivity index (χ3n) is 4.17. The summed E-state index contributed by atoms with van der Waals surface area (Å²) in [4.78, 5) is 30.5. The molecule has 2 amide bonds. The molecule has 4 rings (SSSR count). The number of H-pyrrole nitrogens is 1. The fraction of sp³-hybridized carbons (Fsp3) is 0.176. The second-order valence-corrected chi connectivity index (χ2v) is 6.76. The van der Waals surface area contributed by atoms with E-state index in [1.54, 1.807) is 29.3 Å². The highest BCUT2D eigenvalue weighted by Crippen LogP contribution is 2.31. The molecular formula is C17H14BrN5O2. The number of nitrogens with zero attached hydrogens (tertiary/aromatic N) is 3. The molecule has 1 aromatic carbocycles. The number of anilines is 2. The van der Waals surface area contributed by atoms with Crippen molar-refractivity contribution in [3.8, 4) is 0 Å². The number of aromatic nitrogens is 3. The van der Waals surface area contributed by atoms with Crippen LogP contribution in [0.2, 0.25) is 0 Å². The van der Waals surface area contributed by atoms with Gasteiger partial charge in [-0.05, 0) is 30.3 Å². The molecular weight excluding hydrogens is 386 g/mol. The number of carbonyl (C=O) groups excluding carboxylic acids is 2. The number of halogens is 1. The molecule has 0 unspecified atom stereocenters. The van der Waals surface area contributed by atoms with Crippen molar-refractivity contribution in [2.24, 2.45) is 5.92 Å². The van der Waals surface area contributed by atoms with Crippen molar-refractivity contribution in [3.05, 3.63) is 47.1 Å². The van der Waals surface area contributed by atoms with Gasteiger partial charge in [0.1, 0.15) is 5.82 Å². The van der Waals surface area contributed by atoms with Crippen molar-refractivity contribution in [2.45, 2.75) is 6.42 Å². The van der Waals surface area contributed by atoms with Crippen LogP contribution in [-0.4, -0.2) is 33.5 Å². The summed E-state index contributed by atoms with van der Waals surface area (Å²) in [5, 5.41) is 10.8. The number of nitrogens with one attached hydrogen (secondary N) is 2. The molecule has 1 fully saturated rings. The smallest absolute Gasteiger partial charge is 0.230 e. The first-order valence-corrected chi connectivity index (χ1v) is 8.57. The van der Waals surface area contributed by atoms with E-state index in [1.807, 2.05) is 18.2 Å². The van der Waals surface area contributed by atoms with Gasteiger partial charge in [0.2, 0.25) is 11.8 Å². The van der Waals surface area contributed by atoms with Crippen LogP contribution in [0.25, 0.3) is 10.9 Å². The molecule has 2 N–H and O–H groups in total. The normalized spacial score (nSPS) is 17.2. The third-order valence-corrected chi connectivity index (χ3v) is 4.67. The summed E-state index contributed by atoms with van der Waals surface area (Å²) in [7, 11) is 0. The lowest BCUT2D eigenvalue weighted by molar-refractivity contribution is -0.122. The molecule has 7 nitrogen and oxygen atoms in total. The van der Waals surface area contributed by atoms with E-state index >= 15 is 0 Å². The van der Waals surface area contributed by atoms with E-state index in [2.05, 4.69) is 36.4 Å². The average Bonchev–Trinajstić information content (AvgIpc) is 3.18. The minimum Gasteiger partial charge on any atom is -0.310 e. The maximum absolute atomic E-state index is 12.4. The first kappa shape index (κ1) is 15.8. The molecule has 1 aliphatic rings. The van der Waals surface area contributed by atoms with E-state index in [0.29, 0.717) is 18.2 Å². The lowest BCUT2D eigenvalue weighted by Crippen LogP contribution is -2.28. The Balaban J connectivity index is 1.54. The average molecular weight is 400 g/mol. The first-order chi connectivity index (χ1) is 12.1. The highest BCUT2D eigenvalue weighted by Gasteiger charge is 2.37. The van der Waals surface area contributed by atoms with Gasteiger partial charge in [-0.3, -0.25) is 19.6 Å². The number of amides is 2. The van der Waals surface area contributed by atoms with E-state index in [4.69, 9.17) is 0 Å². The highest BCUT2D eigenvalue weighted by molar-refractivity contribution is 9.10. The molecule has 3 aromatic rings. The monoisotopic (exact) mass is 399 g/mol. The number of hydrogen-bond donors (Lipinski definition) is 2. The van der Waals surface area contributed by atoms with Crippen LogP contribution in [0, 0.1) is 5.92 Å². The molecule has 0 spiro atoms. The van der Waals surface area contributed by atoms with Crippen LogP contribution in [0.3, 0.4) is 0 Å². The van der Waals surface area contributed by atoms with Gasteiger partial charge in [-0.15, -0.1) is 0 Å². The molecule has 1 aliphatic heterocycles. The van der Waals surface area contributed by atoms with Crippen molar-refractivity contribution in [3.63, 3.8) is 0 Å². The van der Waals surface area contributed by atoms with Gasteiger partial charge in [0.15, 0.2) is 5.82 Å². The number of carbonyl (C=O) groups is 2. The fourth-order valence-electron chi connectivity index (χ4n) is 2.94. The SMILES string of the molecule is O=C(Nc1ccccn1)[C@H]1CC(=O)N(c2n[nH]c3cc(Br)ccc23)C1. The van der Waals surface area contributed by atoms with Gasteiger partial charge in [-0.1, -0.05) is 22.0 Å². The van der Waals surface area contributed by atoms with Gasteiger partial charge in [0.05, 0.1) is 11.4 Å². The van der Waals surface area contributed by atoms with Gasteiger partial charge >= 0.3 is 0 Å². The van der Waals surface area contributed by atoms with Gasteiger partial charge < -0.3 is 5.32 Å². The zero-order valence-electron chi connectivity index (χ0n) is 13.1. The molecule has 1 saturated heterocycles. The van der Waals surface area contributed by atoms with Gasteiger partial charge in [0, 0.05) is 29.0 Å². The zero-order valence-corrected chi connectivity index (χ0v) is 14.7. The molecule has 8 heteroatoms. The zero-order chi connectivity index (χ0) is 17.4. The van der Waals surface area contributed by atoms with Crippen LogP contribution in [0.15, 0.2) is 47.1 Å². The first-order valence-electron chi connectivity index (χ1n) is 7.78. The van der Waals surface area contributed by atoms with Crippen molar-refractivity contribution < 1.29 is 9.59 Å². The van der Waals surface area contributed by atoms with Crippen molar-refractivity contribution >= 4 is 50.3 Å². The summed E-state index contributed by atoms with van der Waals surface area (Å²) in [5.41, 5.74) is 0.832. The van der Waals surface area contributed by atoms with Crippen molar-refractivity contribution in [1.82, 2.24) is 15.2 Å². The number of hydrogen-bond acceptors (Lipinski definition) is 4. The summed E-state index contributed by atoms with van der Waals surface area (Å²) in [5.74, 6) is 0.278. The lowest BCUT2D eigenvalue weighted by atomic mass is 10.1. The quantitative estimate of drug-likeness (QED) is 0.708. The second-order valence-electron chi connectivity index (χ2n) is 5.85. The maximum atomic E-state index is 12.4. The highest BCUT2D eigenvalue weighted by atomic mass is 79.9. The number of fused-ring (bicyclic) bond motifs is 1. The Morgan fingerprint density at radius 3 is 3.00 bits per heavy atom. The molecule has 1 atom stereocenters. The third kappa shape index (κ3) is 3.00. The van der Waals surface area contributed by atoms with E-state index < -0.39 is 5.92 Å². The minimum absolute atomic E-state index is 0.113. The minimum atomic E-state index is -0.434. The molecule has 25 heavy (non-hydrogen) atoms. The summed E-state index contributed by atoms with van der Waals surface area (Å²) < 4.78 is 0.926. The lowest BCUT2D eigenvalue weighted by Gasteiger charge is -2.14. The molecule has 0 saturated carbocycles. The summed E-state index contributed by atoms with van der Waals surface area (Å²) in [6, 6.07) is 11.0. The van der Waals surface area contributed by atoms with E-state index in [9.17, 15) is 9.59 Å². The molecule has 126 valence electrons. The Labute approximate surface area is 151 Å². The molecule has 0 bridgehead atoms. The van der Waals surface area contributed by atoms with E-state index in [-0.39, 0.29) is 18.2 Å². The number of rotatable bonds is 3. The van der Waals surface area contributed by atoms with Crippen LogP contribution >= 0.6 is 15.9 Å². The van der Waals surface area contributed by atoms with Crippen LogP contribution in [0.4, 0.5) is 11.6 Å². The van der Waals surface area contributed by atoms with Gasteiger partial charge in [-0.25, -0.2) is 4.98 Å². The second kappa shape index (κ2) is 6.29. The van der Waals surface area contributed by atoms with Crippen molar-refractivity contribution in [2.75, 3.05) is 16.8 Å². The predicted molar refractivity (Wildman–Crippen MR) is 97.1 cm³/mol. The van der Waals surface area contributed by atoms with Gasteiger partial charge in [-0.2, -0.15) is 5.10 Å². The van der Waals surface area contributed by atoms with Crippen LogP contribution < -0.4 is 10.2 Å². The van der Waals surface area contributed by atoms with E-state index in [1.165, 1.54) is 0 Å². The van der Waals surface area contributed by atoms with Crippen LogP contribution in [-0.2, 0) is 9.59 Å². The van der Waals surface area contributed by atoms with E-state index in [0.717, 1.165) is 15.4 Å². The molecule has 0 radical (unpaired) electrons. The largest absolute Gasteiger partial charge is 0.310 e. The Bertz CT molecular complexity index is 956. The fourth-order valence-corrected chi connectivity index (χ4v) is 3.30. The Morgan fingerprint density at radius 1 is 1.32 bits per heavy atom. The maximum Gasteiger partial charge on any atom is 0.230 e. The summed E-state index contributed by atoms with van der Waals surface area (Å²) in [6.07, 6.45) is 1.76. The van der Waals surface area contributed by atoms with Crippen molar-refractivity contribution in [1.29, 1.82) is 0 Å². The van der Waals surface area contributed by atoms with Crippen LogP contribution in [0.1, 0.15) is 6.42 Å².